The molecule has 1 aliphatic heterocycles. The highest BCUT2D eigenvalue weighted by molar-refractivity contribution is 6.03. The predicted molar refractivity (Wildman–Crippen MR) is 101 cm³/mol. The normalized spacial score (nSPS) is 17.7. The number of allylic oxidation sites excluding steroid dienone is 2. The van der Waals surface area contributed by atoms with Crippen LogP contribution in [0.1, 0.15) is 24.2 Å². The van der Waals surface area contributed by atoms with Gasteiger partial charge in [0.05, 0.1) is 28.9 Å². The molecule has 2 aromatic rings. The van der Waals surface area contributed by atoms with Crippen molar-refractivity contribution in [3.63, 3.8) is 0 Å². The number of hydrogen-bond acceptors (Lipinski definition) is 7. The Kier molecular flexibility index (Phi) is 5.25. The third kappa shape index (κ3) is 3.50. The molecule has 0 bridgehead atoms. The molecule has 1 unspecified atom stereocenters. The number of methoxy groups -OCH3 is 1. The van der Waals surface area contributed by atoms with Crippen LogP contribution in [0.4, 0.5) is 5.69 Å². The third-order valence-corrected chi connectivity index (χ3v) is 4.27. The number of carboxylic acid groups (broad SMARTS) is 1. The molecule has 2 heterocycles. The summed E-state index contributed by atoms with van der Waals surface area (Å²) in [6.45, 7) is 1.60. The maximum atomic E-state index is 12.1. The van der Waals surface area contributed by atoms with Crippen molar-refractivity contribution in [3.05, 3.63) is 87.2 Å². The standard InChI is InChI=1S/C19H18N4O5/c1-11-17(28-2)15(16(19(24)25)22-12-7-9-20-10-8-12)13-5-3-4-6-14(13)18(21-11)23(26)27/h3-10,18,21H,1-2H3,(H,20,22)(H,24,25). The van der Waals surface area contributed by atoms with E-state index in [1.807, 2.05) is 0 Å². The second-order valence-corrected chi connectivity index (χ2v) is 5.99. The van der Waals surface area contributed by atoms with Crippen molar-refractivity contribution in [2.45, 2.75) is 13.1 Å². The van der Waals surface area contributed by atoms with Gasteiger partial charge in [-0.05, 0) is 30.7 Å². The van der Waals surface area contributed by atoms with E-state index in [1.165, 1.54) is 19.5 Å². The van der Waals surface area contributed by atoms with Crippen LogP contribution in [-0.2, 0) is 9.53 Å². The number of carbonyl (C=O) groups is 1. The Bertz CT molecular complexity index is 985. The van der Waals surface area contributed by atoms with E-state index >= 15 is 0 Å². The highest BCUT2D eigenvalue weighted by Crippen LogP contribution is 2.37. The van der Waals surface area contributed by atoms with Crippen LogP contribution < -0.4 is 10.6 Å². The minimum absolute atomic E-state index is 0.166. The zero-order valence-electron chi connectivity index (χ0n) is 15.2. The molecule has 3 rings (SSSR count). The fraction of sp³-hybridized carbons (Fsp3) is 0.158. The molecule has 0 fully saturated rings. The maximum Gasteiger partial charge on any atom is 0.353 e. The summed E-state index contributed by atoms with van der Waals surface area (Å²) in [5.41, 5.74) is 1.64. The number of pyridine rings is 1. The van der Waals surface area contributed by atoms with Crippen molar-refractivity contribution in [3.8, 4) is 0 Å². The van der Waals surface area contributed by atoms with Crippen molar-refractivity contribution in [1.29, 1.82) is 0 Å². The molecular weight excluding hydrogens is 364 g/mol. The second-order valence-electron chi connectivity index (χ2n) is 5.99. The lowest BCUT2D eigenvalue weighted by molar-refractivity contribution is -0.534. The summed E-state index contributed by atoms with van der Waals surface area (Å²) in [6.07, 6.45) is 1.81. The van der Waals surface area contributed by atoms with Gasteiger partial charge in [-0.15, -0.1) is 0 Å². The topological polar surface area (TPSA) is 127 Å². The van der Waals surface area contributed by atoms with E-state index in [2.05, 4.69) is 15.6 Å². The van der Waals surface area contributed by atoms with E-state index in [4.69, 9.17) is 4.74 Å². The van der Waals surface area contributed by atoms with Crippen LogP contribution in [0.5, 0.6) is 0 Å². The first-order valence-electron chi connectivity index (χ1n) is 8.33. The Hall–Kier alpha value is -3.88. The number of aliphatic carboxylic acids is 1. The van der Waals surface area contributed by atoms with Gasteiger partial charge in [0, 0.05) is 18.1 Å². The van der Waals surface area contributed by atoms with Gasteiger partial charge in [0.15, 0.2) is 0 Å². The molecule has 0 aliphatic carbocycles. The zero-order valence-corrected chi connectivity index (χ0v) is 15.2. The van der Waals surface area contributed by atoms with Gasteiger partial charge in [0.2, 0.25) is 0 Å². The van der Waals surface area contributed by atoms with Gasteiger partial charge in [-0.3, -0.25) is 15.1 Å². The lowest BCUT2D eigenvalue weighted by Crippen LogP contribution is -2.26. The Morgan fingerprint density at radius 1 is 1.29 bits per heavy atom. The minimum Gasteiger partial charge on any atom is -0.494 e. The summed E-state index contributed by atoms with van der Waals surface area (Å²) in [4.78, 5) is 27.2. The average molecular weight is 382 g/mol. The first-order chi connectivity index (χ1) is 13.4. The number of carboxylic acids is 1. The molecule has 0 radical (unpaired) electrons. The summed E-state index contributed by atoms with van der Waals surface area (Å²) in [6, 6.07) is 9.82. The van der Waals surface area contributed by atoms with E-state index in [0.29, 0.717) is 22.5 Å². The fourth-order valence-corrected chi connectivity index (χ4v) is 3.09. The predicted octanol–water partition coefficient (Wildman–Crippen LogP) is 2.75. The van der Waals surface area contributed by atoms with E-state index in [0.717, 1.165) is 0 Å². The maximum absolute atomic E-state index is 12.1. The number of nitrogens with zero attached hydrogens (tertiary/aromatic N) is 2. The number of anilines is 1. The minimum atomic E-state index is -1.24. The number of fused-ring (bicyclic) bond motifs is 1. The Labute approximate surface area is 160 Å². The summed E-state index contributed by atoms with van der Waals surface area (Å²) < 4.78 is 5.47. The van der Waals surface area contributed by atoms with Gasteiger partial charge in [0.1, 0.15) is 11.5 Å². The largest absolute Gasteiger partial charge is 0.494 e. The Balaban J connectivity index is 2.33. The van der Waals surface area contributed by atoms with Crippen LogP contribution >= 0.6 is 0 Å². The van der Waals surface area contributed by atoms with E-state index in [1.54, 1.807) is 43.3 Å². The lowest BCUT2D eigenvalue weighted by atomic mass is 9.95. The zero-order chi connectivity index (χ0) is 20.3. The van der Waals surface area contributed by atoms with E-state index in [-0.39, 0.29) is 17.0 Å². The van der Waals surface area contributed by atoms with Crippen LogP contribution in [0.25, 0.3) is 5.57 Å². The van der Waals surface area contributed by atoms with Crippen molar-refractivity contribution >= 4 is 17.2 Å². The van der Waals surface area contributed by atoms with Crippen molar-refractivity contribution in [2.24, 2.45) is 0 Å². The number of ether oxygens (including phenoxy) is 1. The quantitative estimate of drug-likeness (QED) is 0.409. The van der Waals surface area contributed by atoms with Gasteiger partial charge < -0.3 is 20.5 Å². The summed E-state index contributed by atoms with van der Waals surface area (Å²) in [7, 11) is 1.39. The monoisotopic (exact) mass is 382 g/mol. The lowest BCUT2D eigenvalue weighted by Gasteiger charge is -2.17. The Morgan fingerprint density at radius 2 is 1.96 bits per heavy atom. The van der Waals surface area contributed by atoms with Crippen LogP contribution in [-0.4, -0.2) is 28.1 Å². The summed E-state index contributed by atoms with van der Waals surface area (Å²) in [5, 5.41) is 27.2. The van der Waals surface area contributed by atoms with Crippen molar-refractivity contribution in [2.75, 3.05) is 12.4 Å². The molecule has 1 atom stereocenters. The molecule has 1 aromatic heterocycles. The van der Waals surface area contributed by atoms with Gasteiger partial charge in [0.25, 0.3) is 0 Å². The van der Waals surface area contributed by atoms with Crippen LogP contribution in [0.3, 0.4) is 0 Å². The van der Waals surface area contributed by atoms with Crippen LogP contribution in [0, 0.1) is 10.1 Å². The number of nitro groups is 1. The number of benzene rings is 1. The van der Waals surface area contributed by atoms with Gasteiger partial charge in [-0.2, -0.15) is 0 Å². The fourth-order valence-electron chi connectivity index (χ4n) is 3.09. The first-order valence-corrected chi connectivity index (χ1v) is 8.33. The van der Waals surface area contributed by atoms with E-state index < -0.39 is 17.1 Å². The molecule has 1 aliphatic rings. The molecule has 28 heavy (non-hydrogen) atoms. The molecule has 0 saturated carbocycles. The smallest absolute Gasteiger partial charge is 0.353 e. The first kappa shape index (κ1) is 18.9. The molecule has 144 valence electrons. The summed E-state index contributed by atoms with van der Waals surface area (Å²) >= 11 is 0. The van der Waals surface area contributed by atoms with Crippen molar-refractivity contribution < 1.29 is 19.6 Å². The van der Waals surface area contributed by atoms with Gasteiger partial charge >= 0.3 is 12.1 Å². The number of nitrogens with one attached hydrogen (secondary N) is 2. The molecule has 0 spiro atoms. The number of aromatic nitrogens is 1. The molecule has 0 amide bonds. The van der Waals surface area contributed by atoms with Crippen LogP contribution in [0.2, 0.25) is 0 Å². The van der Waals surface area contributed by atoms with Gasteiger partial charge in [-0.25, -0.2) is 4.79 Å². The molecule has 9 nitrogen and oxygen atoms in total. The Morgan fingerprint density at radius 3 is 2.57 bits per heavy atom. The highest BCUT2D eigenvalue weighted by atomic mass is 16.6. The number of hydrogen-bond donors (Lipinski definition) is 3. The average Bonchev–Trinajstić information content (AvgIpc) is 2.81. The highest BCUT2D eigenvalue weighted by Gasteiger charge is 2.35. The SMILES string of the molecule is COC1=C(C)NC([N+](=O)[O-])c2ccccc2C1=C(Nc1ccncc1)C(=O)O. The molecule has 1 aromatic carbocycles. The van der Waals surface area contributed by atoms with Crippen LogP contribution in [0.15, 0.2) is 65.9 Å². The van der Waals surface area contributed by atoms with Crippen molar-refractivity contribution in [1.82, 2.24) is 10.3 Å². The number of rotatable bonds is 5. The molecule has 3 N–H and O–H groups in total. The molecule has 9 heteroatoms. The van der Waals surface area contributed by atoms with E-state index in [9.17, 15) is 20.0 Å². The molecular formula is C19H18N4O5. The second kappa shape index (κ2) is 7.78. The molecule has 0 saturated heterocycles. The third-order valence-electron chi connectivity index (χ3n) is 4.27. The van der Waals surface area contributed by atoms with Gasteiger partial charge in [-0.1, -0.05) is 18.2 Å². The summed E-state index contributed by atoms with van der Waals surface area (Å²) in [5.74, 6) is -1.03.